The second kappa shape index (κ2) is 8.14. The fourth-order valence-corrected chi connectivity index (χ4v) is 1.45. The fraction of sp³-hybridized carbons (Fsp3) is 0.538. The highest BCUT2D eigenvalue weighted by Crippen LogP contribution is 2.02. The Bertz CT molecular complexity index is 293. The molecule has 1 N–H and O–H groups in total. The van der Waals surface area contributed by atoms with Gasteiger partial charge in [-0.2, -0.15) is 0 Å². The van der Waals surface area contributed by atoms with Gasteiger partial charge in [-0.3, -0.25) is 0 Å². The number of alkyl halides is 2. The molecule has 17 heavy (non-hydrogen) atoms. The summed E-state index contributed by atoms with van der Waals surface area (Å²) in [4.78, 5) is 0. The molecular weight excluding hydrogens is 224 g/mol. The standard InChI is InChI=1S/C13H19F2NO/c1-11(7-16-8-13(14)15)9-17-10-12-5-3-2-4-6-12/h2-6,11,13,16H,7-10H2,1H3. The van der Waals surface area contributed by atoms with Crippen molar-refractivity contribution in [2.45, 2.75) is 20.0 Å². The first kappa shape index (κ1) is 14.1. The van der Waals surface area contributed by atoms with Gasteiger partial charge in [0.15, 0.2) is 0 Å². The van der Waals surface area contributed by atoms with E-state index in [2.05, 4.69) is 5.32 Å². The van der Waals surface area contributed by atoms with Crippen molar-refractivity contribution in [3.05, 3.63) is 35.9 Å². The van der Waals surface area contributed by atoms with E-state index in [0.29, 0.717) is 19.8 Å². The molecule has 1 unspecified atom stereocenters. The van der Waals surface area contributed by atoms with Crippen molar-refractivity contribution >= 4 is 0 Å². The topological polar surface area (TPSA) is 21.3 Å². The molecule has 0 fully saturated rings. The zero-order valence-corrected chi connectivity index (χ0v) is 10.0. The smallest absolute Gasteiger partial charge is 0.250 e. The Morgan fingerprint density at radius 1 is 1.18 bits per heavy atom. The second-order valence-electron chi connectivity index (χ2n) is 4.16. The van der Waals surface area contributed by atoms with E-state index in [-0.39, 0.29) is 12.5 Å². The van der Waals surface area contributed by atoms with Crippen molar-refractivity contribution in [2.75, 3.05) is 19.7 Å². The van der Waals surface area contributed by atoms with Crippen LogP contribution in [0.25, 0.3) is 0 Å². The van der Waals surface area contributed by atoms with Crippen LogP contribution in [0.3, 0.4) is 0 Å². The predicted octanol–water partition coefficient (Wildman–Crippen LogP) is 2.69. The molecule has 0 saturated heterocycles. The Morgan fingerprint density at radius 3 is 2.53 bits per heavy atom. The summed E-state index contributed by atoms with van der Waals surface area (Å²) in [5.41, 5.74) is 1.13. The van der Waals surface area contributed by atoms with Crippen LogP contribution in [0.2, 0.25) is 0 Å². The maximum absolute atomic E-state index is 11.9. The van der Waals surface area contributed by atoms with Crippen LogP contribution in [0.15, 0.2) is 30.3 Å². The Balaban J connectivity index is 2.06. The van der Waals surface area contributed by atoms with Gasteiger partial charge in [0.1, 0.15) is 0 Å². The second-order valence-corrected chi connectivity index (χ2v) is 4.16. The van der Waals surface area contributed by atoms with E-state index < -0.39 is 6.43 Å². The highest BCUT2D eigenvalue weighted by molar-refractivity contribution is 5.13. The lowest BCUT2D eigenvalue weighted by atomic mass is 10.2. The average Bonchev–Trinajstić information content (AvgIpc) is 2.30. The molecule has 96 valence electrons. The van der Waals surface area contributed by atoms with E-state index >= 15 is 0 Å². The van der Waals surface area contributed by atoms with Crippen LogP contribution in [0.4, 0.5) is 8.78 Å². The summed E-state index contributed by atoms with van der Waals surface area (Å²) in [5.74, 6) is 0.234. The third-order valence-corrected chi connectivity index (χ3v) is 2.31. The van der Waals surface area contributed by atoms with Gasteiger partial charge in [-0.15, -0.1) is 0 Å². The molecule has 0 aliphatic heterocycles. The Kier molecular flexibility index (Phi) is 6.74. The molecule has 0 bridgehead atoms. The number of nitrogens with one attached hydrogen (secondary N) is 1. The van der Waals surface area contributed by atoms with Crippen molar-refractivity contribution in [1.82, 2.24) is 5.32 Å². The Morgan fingerprint density at radius 2 is 1.88 bits per heavy atom. The lowest BCUT2D eigenvalue weighted by Crippen LogP contribution is -2.28. The maximum atomic E-state index is 11.9. The fourth-order valence-electron chi connectivity index (χ4n) is 1.45. The molecule has 0 aliphatic carbocycles. The third-order valence-electron chi connectivity index (χ3n) is 2.31. The number of rotatable bonds is 8. The molecule has 0 amide bonds. The van der Waals surface area contributed by atoms with Gasteiger partial charge in [-0.1, -0.05) is 37.3 Å². The van der Waals surface area contributed by atoms with E-state index in [1.54, 1.807) is 0 Å². The Labute approximate surface area is 101 Å². The molecule has 0 radical (unpaired) electrons. The quantitative estimate of drug-likeness (QED) is 0.758. The SMILES string of the molecule is CC(CNCC(F)F)COCc1ccccc1. The van der Waals surface area contributed by atoms with E-state index in [4.69, 9.17) is 4.74 Å². The first-order valence-corrected chi connectivity index (χ1v) is 5.79. The zero-order valence-electron chi connectivity index (χ0n) is 10.0. The molecule has 1 atom stereocenters. The number of hydrogen-bond acceptors (Lipinski definition) is 2. The zero-order chi connectivity index (χ0) is 12.5. The van der Waals surface area contributed by atoms with Gasteiger partial charge in [-0.05, 0) is 11.5 Å². The van der Waals surface area contributed by atoms with E-state index in [0.717, 1.165) is 5.56 Å². The minimum Gasteiger partial charge on any atom is -0.376 e. The van der Waals surface area contributed by atoms with Crippen LogP contribution in [-0.4, -0.2) is 26.1 Å². The van der Waals surface area contributed by atoms with Gasteiger partial charge in [0.05, 0.1) is 19.8 Å². The summed E-state index contributed by atoms with van der Waals surface area (Å²) in [7, 11) is 0. The van der Waals surface area contributed by atoms with E-state index in [9.17, 15) is 8.78 Å². The van der Waals surface area contributed by atoms with Gasteiger partial charge in [0, 0.05) is 6.54 Å². The van der Waals surface area contributed by atoms with Crippen LogP contribution in [0.1, 0.15) is 12.5 Å². The number of halogens is 2. The van der Waals surface area contributed by atoms with Crippen LogP contribution in [0, 0.1) is 5.92 Å². The lowest BCUT2D eigenvalue weighted by Gasteiger charge is -2.13. The van der Waals surface area contributed by atoms with Gasteiger partial charge >= 0.3 is 0 Å². The number of ether oxygens (including phenoxy) is 1. The molecule has 0 saturated carbocycles. The van der Waals surface area contributed by atoms with Crippen LogP contribution in [0.5, 0.6) is 0 Å². The highest BCUT2D eigenvalue weighted by atomic mass is 19.3. The molecule has 2 nitrogen and oxygen atoms in total. The average molecular weight is 243 g/mol. The van der Waals surface area contributed by atoms with Gasteiger partial charge in [0.25, 0.3) is 6.43 Å². The summed E-state index contributed by atoms with van der Waals surface area (Å²) in [6.45, 7) is 3.43. The van der Waals surface area contributed by atoms with E-state index in [1.807, 2.05) is 37.3 Å². The normalized spacial score (nSPS) is 12.9. The Hall–Kier alpha value is -1.00. The minimum absolute atomic E-state index is 0.234. The van der Waals surface area contributed by atoms with Crippen molar-refractivity contribution in [3.8, 4) is 0 Å². The van der Waals surface area contributed by atoms with Crippen LogP contribution >= 0.6 is 0 Å². The third kappa shape index (κ3) is 7.02. The minimum atomic E-state index is -2.28. The van der Waals surface area contributed by atoms with E-state index in [1.165, 1.54) is 0 Å². The molecule has 0 aromatic heterocycles. The summed E-state index contributed by atoms with van der Waals surface area (Å²) < 4.78 is 29.2. The first-order chi connectivity index (χ1) is 8.18. The van der Waals surface area contributed by atoms with Crippen molar-refractivity contribution < 1.29 is 13.5 Å². The predicted molar refractivity (Wildman–Crippen MR) is 64.1 cm³/mol. The van der Waals surface area contributed by atoms with Gasteiger partial charge in [-0.25, -0.2) is 8.78 Å². The first-order valence-electron chi connectivity index (χ1n) is 5.79. The van der Waals surface area contributed by atoms with Crippen molar-refractivity contribution in [1.29, 1.82) is 0 Å². The molecule has 0 aliphatic rings. The summed E-state index contributed by atoms with van der Waals surface area (Å²) >= 11 is 0. The monoisotopic (exact) mass is 243 g/mol. The lowest BCUT2D eigenvalue weighted by molar-refractivity contribution is 0.0883. The molecule has 1 aromatic carbocycles. The number of hydrogen-bond donors (Lipinski definition) is 1. The summed E-state index contributed by atoms with van der Waals surface area (Å²) in [6.07, 6.45) is -2.28. The molecule has 0 heterocycles. The van der Waals surface area contributed by atoms with Crippen LogP contribution in [-0.2, 0) is 11.3 Å². The molecule has 1 rings (SSSR count). The maximum Gasteiger partial charge on any atom is 0.250 e. The van der Waals surface area contributed by atoms with Gasteiger partial charge < -0.3 is 10.1 Å². The summed E-state index contributed by atoms with van der Waals surface area (Å²) in [5, 5.41) is 2.70. The largest absolute Gasteiger partial charge is 0.376 e. The molecular formula is C13H19F2NO. The number of benzene rings is 1. The van der Waals surface area contributed by atoms with Crippen molar-refractivity contribution in [2.24, 2.45) is 5.92 Å². The molecule has 4 heteroatoms. The highest BCUT2D eigenvalue weighted by Gasteiger charge is 2.05. The van der Waals surface area contributed by atoms with Gasteiger partial charge in [0.2, 0.25) is 0 Å². The van der Waals surface area contributed by atoms with Crippen molar-refractivity contribution in [3.63, 3.8) is 0 Å². The molecule has 0 spiro atoms. The molecule has 1 aromatic rings. The summed E-state index contributed by atoms with van der Waals surface area (Å²) in [6, 6.07) is 9.89. The van der Waals surface area contributed by atoms with Crippen LogP contribution < -0.4 is 5.32 Å².